The minimum atomic E-state index is 0.0756. The van der Waals surface area contributed by atoms with Crippen LogP contribution in [0.2, 0.25) is 4.34 Å². The third-order valence-corrected chi connectivity index (χ3v) is 4.25. The first-order valence-corrected chi connectivity index (χ1v) is 6.89. The summed E-state index contributed by atoms with van der Waals surface area (Å²) in [5, 5.41) is 10.4. The van der Waals surface area contributed by atoms with E-state index in [4.69, 9.17) is 11.6 Å². The maximum absolute atomic E-state index is 9.31. The summed E-state index contributed by atoms with van der Waals surface area (Å²) < 4.78 is 2.99. The number of halogens is 1. The van der Waals surface area contributed by atoms with Crippen molar-refractivity contribution in [3.8, 4) is 0 Å². The van der Waals surface area contributed by atoms with Crippen LogP contribution in [0.5, 0.6) is 0 Å². The summed E-state index contributed by atoms with van der Waals surface area (Å²) in [4.78, 5) is 1.23. The number of thiophene rings is 1. The maximum atomic E-state index is 9.31. The Morgan fingerprint density at radius 1 is 1.17 bits per heavy atom. The molecule has 0 radical (unpaired) electrons. The van der Waals surface area contributed by atoms with Crippen molar-refractivity contribution in [2.45, 2.75) is 13.2 Å². The van der Waals surface area contributed by atoms with E-state index in [0.717, 1.165) is 27.3 Å². The highest BCUT2D eigenvalue weighted by Gasteiger charge is 2.06. The van der Waals surface area contributed by atoms with Crippen molar-refractivity contribution in [2.24, 2.45) is 0 Å². The third kappa shape index (κ3) is 2.05. The van der Waals surface area contributed by atoms with Crippen molar-refractivity contribution < 1.29 is 5.11 Å². The van der Waals surface area contributed by atoms with E-state index in [1.807, 2.05) is 18.2 Å². The molecule has 0 saturated heterocycles. The van der Waals surface area contributed by atoms with Crippen LogP contribution in [0.25, 0.3) is 10.9 Å². The van der Waals surface area contributed by atoms with Gasteiger partial charge in [0, 0.05) is 22.0 Å². The van der Waals surface area contributed by atoms with Crippen LogP contribution in [0.1, 0.15) is 10.4 Å². The molecule has 1 aromatic carbocycles. The van der Waals surface area contributed by atoms with E-state index in [1.54, 1.807) is 11.3 Å². The number of aromatic nitrogens is 1. The fraction of sp³-hybridized carbons (Fsp3) is 0.143. The van der Waals surface area contributed by atoms with E-state index in [1.165, 1.54) is 4.88 Å². The first-order valence-electron chi connectivity index (χ1n) is 5.70. The molecule has 2 heterocycles. The summed E-state index contributed by atoms with van der Waals surface area (Å²) in [6, 6.07) is 12.0. The molecular formula is C14H12ClNOS. The van der Waals surface area contributed by atoms with Gasteiger partial charge in [-0.2, -0.15) is 0 Å². The summed E-state index contributed by atoms with van der Waals surface area (Å²) in [7, 11) is 0. The van der Waals surface area contributed by atoms with E-state index in [2.05, 4.69) is 29.0 Å². The SMILES string of the molecule is OCc1cccc2c1ccn2Cc1ccc(Cl)s1. The Hall–Kier alpha value is -1.29. The van der Waals surface area contributed by atoms with Crippen LogP contribution >= 0.6 is 22.9 Å². The van der Waals surface area contributed by atoms with E-state index < -0.39 is 0 Å². The summed E-state index contributed by atoms with van der Waals surface area (Å²) in [6.07, 6.45) is 2.05. The molecular weight excluding hydrogens is 266 g/mol. The summed E-state index contributed by atoms with van der Waals surface area (Å²) >= 11 is 7.54. The largest absolute Gasteiger partial charge is 0.392 e. The molecule has 2 nitrogen and oxygen atoms in total. The van der Waals surface area contributed by atoms with Crippen LogP contribution < -0.4 is 0 Å². The van der Waals surface area contributed by atoms with Gasteiger partial charge in [0.2, 0.25) is 0 Å². The first-order chi connectivity index (χ1) is 8.78. The highest BCUT2D eigenvalue weighted by molar-refractivity contribution is 7.16. The average Bonchev–Trinajstić information content (AvgIpc) is 2.97. The summed E-state index contributed by atoms with van der Waals surface area (Å²) in [6.45, 7) is 0.891. The van der Waals surface area contributed by atoms with E-state index >= 15 is 0 Å². The van der Waals surface area contributed by atoms with Crippen molar-refractivity contribution in [3.05, 3.63) is 57.4 Å². The predicted octanol–water partition coefficient (Wildman–Crippen LogP) is 3.90. The number of rotatable bonds is 3. The summed E-state index contributed by atoms with van der Waals surface area (Å²) in [5.74, 6) is 0. The molecule has 4 heteroatoms. The van der Waals surface area contributed by atoms with Gasteiger partial charge in [-0.05, 0) is 29.8 Å². The van der Waals surface area contributed by atoms with Gasteiger partial charge in [-0.25, -0.2) is 0 Å². The van der Waals surface area contributed by atoms with Crippen LogP contribution in [0, 0.1) is 0 Å². The Kier molecular flexibility index (Phi) is 3.12. The predicted molar refractivity (Wildman–Crippen MR) is 76.3 cm³/mol. The second-order valence-electron chi connectivity index (χ2n) is 4.16. The van der Waals surface area contributed by atoms with Crippen molar-refractivity contribution in [3.63, 3.8) is 0 Å². The van der Waals surface area contributed by atoms with E-state index in [9.17, 15) is 5.11 Å². The Morgan fingerprint density at radius 2 is 2.06 bits per heavy atom. The number of hydrogen-bond donors (Lipinski definition) is 1. The number of aliphatic hydroxyl groups excluding tert-OH is 1. The van der Waals surface area contributed by atoms with Gasteiger partial charge in [0.1, 0.15) is 0 Å². The number of benzene rings is 1. The van der Waals surface area contributed by atoms with E-state index in [-0.39, 0.29) is 6.61 Å². The van der Waals surface area contributed by atoms with Gasteiger partial charge in [-0.15, -0.1) is 11.3 Å². The zero-order valence-electron chi connectivity index (χ0n) is 9.64. The lowest BCUT2D eigenvalue weighted by Gasteiger charge is -2.04. The molecule has 0 amide bonds. The van der Waals surface area contributed by atoms with Crippen LogP contribution in [-0.4, -0.2) is 9.67 Å². The quantitative estimate of drug-likeness (QED) is 0.772. The lowest BCUT2D eigenvalue weighted by molar-refractivity contribution is 0.283. The van der Waals surface area contributed by atoms with Gasteiger partial charge in [0.15, 0.2) is 0 Å². The van der Waals surface area contributed by atoms with Crippen molar-refractivity contribution in [1.29, 1.82) is 0 Å². The molecule has 0 unspecified atom stereocenters. The van der Waals surface area contributed by atoms with Crippen LogP contribution in [0.4, 0.5) is 0 Å². The normalized spacial score (nSPS) is 11.2. The Bertz CT molecular complexity index is 686. The highest BCUT2D eigenvalue weighted by Crippen LogP contribution is 2.25. The molecule has 0 saturated carbocycles. The van der Waals surface area contributed by atoms with E-state index in [0.29, 0.717) is 0 Å². The zero-order valence-corrected chi connectivity index (χ0v) is 11.2. The van der Waals surface area contributed by atoms with Gasteiger partial charge < -0.3 is 9.67 Å². The molecule has 1 N–H and O–H groups in total. The molecule has 0 aliphatic heterocycles. The number of nitrogens with zero attached hydrogens (tertiary/aromatic N) is 1. The molecule has 0 aliphatic rings. The van der Waals surface area contributed by atoms with Gasteiger partial charge in [0.05, 0.1) is 17.5 Å². The topological polar surface area (TPSA) is 25.2 Å². The number of hydrogen-bond acceptors (Lipinski definition) is 2. The zero-order chi connectivity index (χ0) is 12.5. The highest BCUT2D eigenvalue weighted by atomic mass is 35.5. The molecule has 3 aromatic rings. The third-order valence-electron chi connectivity index (χ3n) is 3.03. The van der Waals surface area contributed by atoms with Crippen LogP contribution in [0.15, 0.2) is 42.6 Å². The molecule has 3 rings (SSSR count). The fourth-order valence-corrected chi connectivity index (χ4v) is 3.25. The lowest BCUT2D eigenvalue weighted by Crippen LogP contribution is -1.95. The van der Waals surface area contributed by atoms with Gasteiger partial charge in [-0.1, -0.05) is 23.7 Å². The fourth-order valence-electron chi connectivity index (χ4n) is 2.17. The number of aliphatic hydroxyl groups is 1. The smallest absolute Gasteiger partial charge is 0.0931 e. The minimum absolute atomic E-state index is 0.0756. The second kappa shape index (κ2) is 4.76. The minimum Gasteiger partial charge on any atom is -0.392 e. The Morgan fingerprint density at radius 3 is 2.78 bits per heavy atom. The molecule has 18 heavy (non-hydrogen) atoms. The first kappa shape index (κ1) is 11.8. The molecule has 0 aliphatic carbocycles. The van der Waals surface area contributed by atoms with Gasteiger partial charge >= 0.3 is 0 Å². The van der Waals surface area contributed by atoms with Crippen molar-refractivity contribution in [2.75, 3.05) is 0 Å². The Balaban J connectivity index is 2.02. The molecule has 0 spiro atoms. The maximum Gasteiger partial charge on any atom is 0.0931 e. The van der Waals surface area contributed by atoms with Crippen molar-refractivity contribution in [1.82, 2.24) is 4.57 Å². The monoisotopic (exact) mass is 277 g/mol. The molecule has 0 fully saturated rings. The molecule has 0 atom stereocenters. The van der Waals surface area contributed by atoms with Crippen LogP contribution in [0.3, 0.4) is 0 Å². The standard InChI is InChI=1S/C14H12ClNOS/c15-14-5-4-11(18-14)8-16-7-6-12-10(9-17)2-1-3-13(12)16/h1-7,17H,8-9H2. The molecule has 0 bridgehead atoms. The molecule has 92 valence electrons. The van der Waals surface area contributed by atoms with Crippen molar-refractivity contribution >= 4 is 33.8 Å². The van der Waals surface area contributed by atoms with Crippen LogP contribution in [-0.2, 0) is 13.2 Å². The van der Waals surface area contributed by atoms with Gasteiger partial charge in [0.25, 0.3) is 0 Å². The molecule has 2 aromatic heterocycles. The Labute approximate surface area is 114 Å². The summed E-state index contributed by atoms with van der Waals surface area (Å²) in [5.41, 5.74) is 2.11. The number of fused-ring (bicyclic) bond motifs is 1. The average molecular weight is 278 g/mol. The second-order valence-corrected chi connectivity index (χ2v) is 5.96. The lowest BCUT2D eigenvalue weighted by atomic mass is 10.1. The van der Waals surface area contributed by atoms with Gasteiger partial charge in [-0.3, -0.25) is 0 Å².